The van der Waals surface area contributed by atoms with Gasteiger partial charge in [-0.15, -0.1) is 0 Å². The first-order valence-electron chi connectivity index (χ1n) is 6.81. The van der Waals surface area contributed by atoms with Crippen molar-refractivity contribution in [3.63, 3.8) is 0 Å². The average molecular weight is 282 g/mol. The first kappa shape index (κ1) is 16.3. The number of carbonyl (C=O) groups excluding carboxylic acids is 1. The molecule has 0 fully saturated rings. The number of nitrogens with one attached hydrogen (secondary N) is 2. The number of benzene rings is 1. The normalized spacial score (nSPS) is 12.1. The fourth-order valence-corrected chi connectivity index (χ4v) is 1.71. The molecule has 20 heavy (non-hydrogen) atoms. The summed E-state index contributed by atoms with van der Waals surface area (Å²) >= 11 is 0. The van der Waals surface area contributed by atoms with Gasteiger partial charge in [-0.1, -0.05) is 13.8 Å². The molecule has 5 heteroatoms. The SMILES string of the molecule is COc1ccc(NC(C)C(=O)NCCC(C)C)cc1F. The maximum atomic E-state index is 13.5. The van der Waals surface area contributed by atoms with Crippen molar-refractivity contribution in [3.8, 4) is 5.75 Å². The van der Waals surface area contributed by atoms with Gasteiger partial charge in [0, 0.05) is 18.3 Å². The van der Waals surface area contributed by atoms with Gasteiger partial charge in [0.15, 0.2) is 11.6 Å². The lowest BCUT2D eigenvalue weighted by molar-refractivity contribution is -0.121. The van der Waals surface area contributed by atoms with E-state index in [4.69, 9.17) is 4.74 Å². The van der Waals surface area contributed by atoms with Crippen LogP contribution in [0.2, 0.25) is 0 Å². The van der Waals surface area contributed by atoms with Gasteiger partial charge in [-0.25, -0.2) is 4.39 Å². The van der Waals surface area contributed by atoms with Crippen molar-refractivity contribution in [3.05, 3.63) is 24.0 Å². The molecule has 112 valence electrons. The summed E-state index contributed by atoms with van der Waals surface area (Å²) in [5, 5.41) is 5.82. The Kier molecular flexibility index (Phi) is 6.28. The molecule has 1 atom stereocenters. The highest BCUT2D eigenvalue weighted by atomic mass is 19.1. The molecule has 1 rings (SSSR count). The van der Waals surface area contributed by atoms with E-state index in [0.717, 1.165) is 6.42 Å². The van der Waals surface area contributed by atoms with Crippen molar-refractivity contribution in [2.24, 2.45) is 5.92 Å². The molecule has 1 aromatic carbocycles. The van der Waals surface area contributed by atoms with Crippen LogP contribution >= 0.6 is 0 Å². The Morgan fingerprint density at radius 3 is 2.60 bits per heavy atom. The van der Waals surface area contributed by atoms with Gasteiger partial charge in [0.05, 0.1) is 7.11 Å². The summed E-state index contributed by atoms with van der Waals surface area (Å²) in [6.45, 7) is 6.61. The summed E-state index contributed by atoms with van der Waals surface area (Å²) in [4.78, 5) is 11.8. The van der Waals surface area contributed by atoms with Crippen molar-refractivity contribution in [2.75, 3.05) is 19.0 Å². The highest BCUT2D eigenvalue weighted by Gasteiger charge is 2.13. The van der Waals surface area contributed by atoms with Crippen LogP contribution in [0.25, 0.3) is 0 Å². The van der Waals surface area contributed by atoms with E-state index in [-0.39, 0.29) is 11.7 Å². The second-order valence-corrected chi connectivity index (χ2v) is 5.19. The predicted octanol–water partition coefficient (Wildman–Crippen LogP) is 2.80. The lowest BCUT2D eigenvalue weighted by Crippen LogP contribution is -2.38. The number of amides is 1. The molecule has 0 aliphatic carbocycles. The van der Waals surface area contributed by atoms with Crippen LogP contribution in [-0.2, 0) is 4.79 Å². The van der Waals surface area contributed by atoms with Gasteiger partial charge < -0.3 is 15.4 Å². The highest BCUT2D eigenvalue weighted by molar-refractivity contribution is 5.84. The van der Waals surface area contributed by atoms with Crippen LogP contribution in [0.15, 0.2) is 18.2 Å². The zero-order valence-electron chi connectivity index (χ0n) is 12.5. The van der Waals surface area contributed by atoms with Gasteiger partial charge in [-0.2, -0.15) is 0 Å². The van der Waals surface area contributed by atoms with Gasteiger partial charge >= 0.3 is 0 Å². The topological polar surface area (TPSA) is 50.4 Å². The molecule has 0 saturated carbocycles. The lowest BCUT2D eigenvalue weighted by Gasteiger charge is -2.16. The fourth-order valence-electron chi connectivity index (χ4n) is 1.71. The predicted molar refractivity (Wildman–Crippen MR) is 78.5 cm³/mol. The third-order valence-corrected chi connectivity index (χ3v) is 2.95. The molecule has 0 aliphatic rings. The van der Waals surface area contributed by atoms with E-state index in [2.05, 4.69) is 24.5 Å². The average Bonchev–Trinajstić information content (AvgIpc) is 2.38. The Morgan fingerprint density at radius 2 is 2.05 bits per heavy atom. The molecule has 0 heterocycles. The summed E-state index contributed by atoms with van der Waals surface area (Å²) in [5.41, 5.74) is 0.551. The van der Waals surface area contributed by atoms with Gasteiger partial charge in [-0.3, -0.25) is 4.79 Å². The number of rotatable bonds is 7. The van der Waals surface area contributed by atoms with Crippen LogP contribution < -0.4 is 15.4 Å². The summed E-state index contributed by atoms with van der Waals surface area (Å²) < 4.78 is 18.4. The third-order valence-electron chi connectivity index (χ3n) is 2.95. The minimum atomic E-state index is -0.454. The highest BCUT2D eigenvalue weighted by Crippen LogP contribution is 2.21. The van der Waals surface area contributed by atoms with Crippen LogP contribution in [0.5, 0.6) is 5.75 Å². The molecule has 1 unspecified atom stereocenters. The second kappa shape index (κ2) is 7.72. The zero-order chi connectivity index (χ0) is 15.1. The molecular weight excluding hydrogens is 259 g/mol. The Bertz CT molecular complexity index is 449. The summed E-state index contributed by atoms with van der Waals surface area (Å²) in [7, 11) is 1.41. The Morgan fingerprint density at radius 1 is 1.35 bits per heavy atom. The smallest absolute Gasteiger partial charge is 0.242 e. The van der Waals surface area contributed by atoms with Crippen LogP contribution in [0.1, 0.15) is 27.2 Å². The first-order chi connectivity index (χ1) is 9.43. The van der Waals surface area contributed by atoms with Crippen LogP contribution in [-0.4, -0.2) is 25.6 Å². The first-order valence-corrected chi connectivity index (χ1v) is 6.81. The maximum absolute atomic E-state index is 13.5. The summed E-state index contributed by atoms with van der Waals surface area (Å²) in [5.74, 6) is 0.186. The van der Waals surface area contributed by atoms with E-state index < -0.39 is 11.9 Å². The van der Waals surface area contributed by atoms with Crippen molar-refractivity contribution in [2.45, 2.75) is 33.2 Å². The maximum Gasteiger partial charge on any atom is 0.242 e. The molecule has 0 radical (unpaired) electrons. The molecule has 1 amide bonds. The summed E-state index contributed by atoms with van der Waals surface area (Å²) in [6.07, 6.45) is 0.940. The Hall–Kier alpha value is -1.78. The summed E-state index contributed by atoms with van der Waals surface area (Å²) in [6, 6.07) is 4.10. The molecule has 0 saturated heterocycles. The van der Waals surface area contributed by atoms with Crippen molar-refractivity contribution in [1.82, 2.24) is 5.32 Å². The second-order valence-electron chi connectivity index (χ2n) is 5.19. The number of methoxy groups -OCH3 is 1. The minimum Gasteiger partial charge on any atom is -0.494 e. The van der Waals surface area contributed by atoms with Crippen LogP contribution in [0.4, 0.5) is 10.1 Å². The largest absolute Gasteiger partial charge is 0.494 e. The van der Waals surface area contributed by atoms with Crippen molar-refractivity contribution < 1.29 is 13.9 Å². The van der Waals surface area contributed by atoms with E-state index in [1.54, 1.807) is 13.0 Å². The number of carbonyl (C=O) groups is 1. The standard InChI is InChI=1S/C15H23FN2O2/c1-10(2)7-8-17-15(19)11(3)18-12-5-6-14(20-4)13(16)9-12/h5-6,9-11,18H,7-8H2,1-4H3,(H,17,19). The Balaban J connectivity index is 2.50. The zero-order valence-corrected chi connectivity index (χ0v) is 12.5. The number of halogens is 1. The minimum absolute atomic E-state index is 0.0955. The molecule has 0 spiro atoms. The van der Waals surface area contributed by atoms with Gasteiger partial charge in [0.25, 0.3) is 0 Å². The quantitative estimate of drug-likeness (QED) is 0.808. The van der Waals surface area contributed by atoms with Crippen LogP contribution in [0, 0.1) is 11.7 Å². The van der Waals surface area contributed by atoms with Gasteiger partial charge in [-0.05, 0) is 31.4 Å². The fraction of sp³-hybridized carbons (Fsp3) is 0.533. The number of anilines is 1. The van der Waals surface area contributed by atoms with Crippen LogP contribution in [0.3, 0.4) is 0 Å². The lowest BCUT2D eigenvalue weighted by atomic mass is 10.1. The molecule has 1 aromatic rings. The third kappa shape index (κ3) is 5.07. The molecule has 0 bridgehead atoms. The van der Waals surface area contributed by atoms with E-state index in [0.29, 0.717) is 18.2 Å². The molecule has 2 N–H and O–H groups in total. The van der Waals surface area contributed by atoms with Crippen molar-refractivity contribution >= 4 is 11.6 Å². The molecule has 4 nitrogen and oxygen atoms in total. The Labute approximate surface area is 119 Å². The molecule has 0 aliphatic heterocycles. The monoisotopic (exact) mass is 282 g/mol. The van der Waals surface area contributed by atoms with Gasteiger partial charge in [0.2, 0.25) is 5.91 Å². The number of hydrogen-bond donors (Lipinski definition) is 2. The van der Waals surface area contributed by atoms with E-state index in [9.17, 15) is 9.18 Å². The van der Waals surface area contributed by atoms with Crippen molar-refractivity contribution in [1.29, 1.82) is 0 Å². The molecule has 0 aromatic heterocycles. The van der Waals surface area contributed by atoms with E-state index in [1.807, 2.05) is 0 Å². The van der Waals surface area contributed by atoms with Gasteiger partial charge in [0.1, 0.15) is 6.04 Å². The number of ether oxygens (including phenoxy) is 1. The van der Waals surface area contributed by atoms with E-state index >= 15 is 0 Å². The van der Waals surface area contributed by atoms with E-state index in [1.165, 1.54) is 19.2 Å². The number of hydrogen-bond acceptors (Lipinski definition) is 3. The molecular formula is C15H23FN2O2.